The zero-order valence-electron chi connectivity index (χ0n) is 13.4. The van der Waals surface area contributed by atoms with Crippen molar-refractivity contribution in [1.82, 2.24) is 0 Å². The summed E-state index contributed by atoms with van der Waals surface area (Å²) in [5.41, 5.74) is 4.53. The number of hydrogen-bond acceptors (Lipinski definition) is 4. The Morgan fingerprint density at radius 1 is 1.12 bits per heavy atom. The first kappa shape index (κ1) is 16.5. The topological polar surface area (TPSA) is 49.3 Å². The van der Waals surface area contributed by atoms with Gasteiger partial charge in [-0.05, 0) is 36.4 Å². The van der Waals surface area contributed by atoms with Crippen molar-refractivity contribution in [3.63, 3.8) is 0 Å². The van der Waals surface area contributed by atoms with Crippen LogP contribution < -0.4 is 5.32 Å². The SMILES string of the molecule is C=C(O)c1c(-c2ccc(C)cc2)csc1NC(=O)c1sccc1C. The Morgan fingerprint density at radius 2 is 1.83 bits per heavy atom. The van der Waals surface area contributed by atoms with E-state index >= 15 is 0 Å². The minimum Gasteiger partial charge on any atom is -0.508 e. The zero-order valence-corrected chi connectivity index (χ0v) is 15.1. The molecule has 24 heavy (non-hydrogen) atoms. The first-order chi connectivity index (χ1) is 11.5. The number of nitrogens with one attached hydrogen (secondary N) is 1. The third-order valence-electron chi connectivity index (χ3n) is 3.74. The van der Waals surface area contributed by atoms with Crippen molar-refractivity contribution in [1.29, 1.82) is 0 Å². The van der Waals surface area contributed by atoms with Gasteiger partial charge in [0.25, 0.3) is 5.91 Å². The quantitative estimate of drug-likeness (QED) is 0.575. The number of benzene rings is 1. The minimum absolute atomic E-state index is 0.0509. The molecule has 1 amide bonds. The molecule has 2 aromatic heterocycles. The summed E-state index contributed by atoms with van der Waals surface area (Å²) in [5.74, 6) is -0.215. The number of rotatable bonds is 4. The number of thiophene rings is 2. The molecular formula is C19H17NO2S2. The number of aliphatic hydroxyl groups is 1. The summed E-state index contributed by atoms with van der Waals surface area (Å²) in [5, 5.41) is 17.4. The highest BCUT2D eigenvalue weighted by atomic mass is 32.1. The Bertz CT molecular complexity index is 904. The molecule has 0 radical (unpaired) electrons. The van der Waals surface area contributed by atoms with Crippen LogP contribution in [-0.2, 0) is 0 Å². The molecule has 0 saturated carbocycles. The van der Waals surface area contributed by atoms with Crippen LogP contribution in [0.5, 0.6) is 0 Å². The summed E-state index contributed by atoms with van der Waals surface area (Å²) in [6.07, 6.45) is 0. The van der Waals surface area contributed by atoms with Gasteiger partial charge in [-0.15, -0.1) is 22.7 Å². The van der Waals surface area contributed by atoms with Gasteiger partial charge in [0, 0.05) is 10.9 Å². The fourth-order valence-electron chi connectivity index (χ4n) is 2.45. The minimum atomic E-state index is -0.165. The van der Waals surface area contributed by atoms with Gasteiger partial charge in [-0.2, -0.15) is 0 Å². The second kappa shape index (κ2) is 6.63. The van der Waals surface area contributed by atoms with Crippen molar-refractivity contribution < 1.29 is 9.90 Å². The van der Waals surface area contributed by atoms with Crippen LogP contribution in [0, 0.1) is 13.8 Å². The molecule has 0 aliphatic carbocycles. The monoisotopic (exact) mass is 355 g/mol. The van der Waals surface area contributed by atoms with E-state index < -0.39 is 0 Å². The van der Waals surface area contributed by atoms with Crippen LogP contribution in [0.2, 0.25) is 0 Å². The van der Waals surface area contributed by atoms with Crippen LogP contribution >= 0.6 is 22.7 Å². The van der Waals surface area contributed by atoms with Gasteiger partial charge in [-0.1, -0.05) is 36.4 Å². The molecule has 0 unspecified atom stereocenters. The molecule has 3 aromatic rings. The molecule has 0 aliphatic heterocycles. The Morgan fingerprint density at radius 3 is 2.42 bits per heavy atom. The third kappa shape index (κ3) is 3.13. The number of carbonyl (C=O) groups is 1. The van der Waals surface area contributed by atoms with E-state index in [2.05, 4.69) is 11.9 Å². The van der Waals surface area contributed by atoms with Gasteiger partial charge in [0.05, 0.1) is 10.4 Å². The van der Waals surface area contributed by atoms with Crippen LogP contribution in [0.25, 0.3) is 16.9 Å². The third-order valence-corrected chi connectivity index (χ3v) is 5.65. The number of anilines is 1. The molecule has 2 N–H and O–H groups in total. The highest BCUT2D eigenvalue weighted by Crippen LogP contribution is 2.39. The van der Waals surface area contributed by atoms with E-state index in [1.807, 2.05) is 54.9 Å². The van der Waals surface area contributed by atoms with Crippen molar-refractivity contribution >= 4 is 39.3 Å². The zero-order chi connectivity index (χ0) is 17.3. The number of hydrogen-bond donors (Lipinski definition) is 2. The number of aliphatic hydroxyl groups excluding tert-OH is 1. The van der Waals surface area contributed by atoms with Gasteiger partial charge in [-0.25, -0.2) is 0 Å². The van der Waals surface area contributed by atoms with E-state index in [0.717, 1.165) is 16.7 Å². The largest absolute Gasteiger partial charge is 0.508 e. The Kier molecular flexibility index (Phi) is 4.55. The van der Waals surface area contributed by atoms with Crippen molar-refractivity contribution in [2.75, 3.05) is 5.32 Å². The average Bonchev–Trinajstić information content (AvgIpc) is 3.14. The highest BCUT2D eigenvalue weighted by molar-refractivity contribution is 7.15. The first-order valence-corrected chi connectivity index (χ1v) is 9.15. The van der Waals surface area contributed by atoms with E-state index in [9.17, 15) is 9.90 Å². The summed E-state index contributed by atoms with van der Waals surface area (Å²) in [6.45, 7) is 7.60. The molecule has 0 atom stereocenters. The maximum absolute atomic E-state index is 12.5. The van der Waals surface area contributed by atoms with E-state index in [1.54, 1.807) is 0 Å². The lowest BCUT2D eigenvalue weighted by atomic mass is 10.0. The normalized spacial score (nSPS) is 10.6. The summed E-state index contributed by atoms with van der Waals surface area (Å²) in [7, 11) is 0. The van der Waals surface area contributed by atoms with Crippen molar-refractivity contribution in [3.05, 3.63) is 69.2 Å². The lowest BCUT2D eigenvalue weighted by molar-refractivity contribution is 0.103. The summed E-state index contributed by atoms with van der Waals surface area (Å²) in [4.78, 5) is 13.1. The number of amides is 1. The predicted molar refractivity (Wildman–Crippen MR) is 103 cm³/mol. The second-order valence-electron chi connectivity index (χ2n) is 5.55. The Balaban J connectivity index is 1.98. The molecular weight excluding hydrogens is 338 g/mol. The lowest BCUT2D eigenvalue weighted by Gasteiger charge is -2.08. The Hall–Kier alpha value is -2.37. The highest BCUT2D eigenvalue weighted by Gasteiger charge is 2.19. The van der Waals surface area contributed by atoms with Gasteiger partial charge in [0.1, 0.15) is 10.8 Å². The van der Waals surface area contributed by atoms with E-state index in [0.29, 0.717) is 15.4 Å². The molecule has 0 bridgehead atoms. The van der Waals surface area contributed by atoms with Gasteiger partial charge >= 0.3 is 0 Å². The predicted octanol–water partition coefficient (Wildman–Crippen LogP) is 5.87. The molecule has 122 valence electrons. The molecule has 0 spiro atoms. The van der Waals surface area contributed by atoms with Crippen molar-refractivity contribution in [3.8, 4) is 11.1 Å². The van der Waals surface area contributed by atoms with Crippen LogP contribution in [0.3, 0.4) is 0 Å². The van der Waals surface area contributed by atoms with Crippen LogP contribution in [-0.4, -0.2) is 11.0 Å². The molecule has 2 heterocycles. The van der Waals surface area contributed by atoms with Gasteiger partial charge in [0.15, 0.2) is 0 Å². The molecule has 1 aromatic carbocycles. The number of aryl methyl sites for hydroxylation is 2. The number of carbonyl (C=O) groups excluding carboxylic acids is 1. The fraction of sp³-hybridized carbons (Fsp3) is 0.105. The smallest absolute Gasteiger partial charge is 0.266 e. The van der Waals surface area contributed by atoms with Gasteiger partial charge in [-0.3, -0.25) is 4.79 Å². The second-order valence-corrected chi connectivity index (χ2v) is 7.35. The molecule has 5 heteroatoms. The molecule has 0 saturated heterocycles. The van der Waals surface area contributed by atoms with E-state index in [4.69, 9.17) is 0 Å². The maximum Gasteiger partial charge on any atom is 0.266 e. The fourth-order valence-corrected chi connectivity index (χ4v) is 4.25. The average molecular weight is 355 g/mol. The molecule has 0 fully saturated rings. The van der Waals surface area contributed by atoms with Crippen LogP contribution in [0.15, 0.2) is 47.7 Å². The lowest BCUT2D eigenvalue weighted by Crippen LogP contribution is -2.11. The summed E-state index contributed by atoms with van der Waals surface area (Å²) in [6, 6.07) is 9.95. The van der Waals surface area contributed by atoms with E-state index in [1.165, 1.54) is 28.2 Å². The molecule has 3 rings (SSSR count). The van der Waals surface area contributed by atoms with Crippen molar-refractivity contribution in [2.45, 2.75) is 13.8 Å². The van der Waals surface area contributed by atoms with E-state index in [-0.39, 0.29) is 11.7 Å². The van der Waals surface area contributed by atoms with Gasteiger partial charge < -0.3 is 10.4 Å². The van der Waals surface area contributed by atoms with Gasteiger partial charge in [0.2, 0.25) is 0 Å². The Labute approximate surface area is 148 Å². The molecule has 0 aliphatic rings. The first-order valence-electron chi connectivity index (χ1n) is 7.39. The van der Waals surface area contributed by atoms with Crippen LogP contribution in [0.4, 0.5) is 5.00 Å². The summed E-state index contributed by atoms with van der Waals surface area (Å²) >= 11 is 2.79. The molecule has 3 nitrogen and oxygen atoms in total. The van der Waals surface area contributed by atoms with Crippen molar-refractivity contribution in [2.24, 2.45) is 0 Å². The summed E-state index contributed by atoms with van der Waals surface area (Å²) < 4.78 is 0. The van der Waals surface area contributed by atoms with Crippen LogP contribution in [0.1, 0.15) is 26.4 Å². The standard InChI is InChI=1S/C19H17NO2S2/c1-11-4-6-14(7-5-11)15-10-24-19(16(15)13(3)21)20-18(22)17-12(2)8-9-23-17/h4-10,21H,3H2,1-2H3,(H,20,22). The maximum atomic E-state index is 12.5.